The maximum absolute atomic E-state index is 5.79. The van der Waals surface area contributed by atoms with Gasteiger partial charge in [0.15, 0.2) is 0 Å². The lowest BCUT2D eigenvalue weighted by Gasteiger charge is -2.23. The summed E-state index contributed by atoms with van der Waals surface area (Å²) in [5, 5.41) is 0. The highest BCUT2D eigenvalue weighted by Crippen LogP contribution is 2.27. The molecule has 2 rings (SSSR count). The highest BCUT2D eigenvalue weighted by Gasteiger charge is 2.19. The summed E-state index contributed by atoms with van der Waals surface area (Å²) < 4.78 is 5.37. The van der Waals surface area contributed by atoms with E-state index in [9.17, 15) is 0 Å². The molecule has 1 fully saturated rings. The molecular weight excluding hydrogens is 230 g/mol. The molecule has 1 aliphatic heterocycles. The van der Waals surface area contributed by atoms with E-state index >= 15 is 0 Å². The fourth-order valence-electron chi connectivity index (χ4n) is 2.18. The van der Waals surface area contributed by atoms with Crippen LogP contribution in [0.4, 0.5) is 11.8 Å². The van der Waals surface area contributed by atoms with Gasteiger partial charge in [-0.3, -0.25) is 0 Å². The fourth-order valence-corrected chi connectivity index (χ4v) is 2.18. The van der Waals surface area contributed by atoms with E-state index in [2.05, 4.69) is 9.97 Å². The number of aromatic nitrogens is 2. The smallest absolute Gasteiger partial charge is 0.222 e. The predicted molar refractivity (Wildman–Crippen MR) is 71.6 cm³/mol. The van der Waals surface area contributed by atoms with Crippen LogP contribution < -0.4 is 16.4 Å². The van der Waals surface area contributed by atoms with Crippen molar-refractivity contribution >= 4 is 11.8 Å². The first-order chi connectivity index (χ1) is 8.70. The van der Waals surface area contributed by atoms with Crippen LogP contribution in [0.1, 0.15) is 24.5 Å². The van der Waals surface area contributed by atoms with E-state index in [1.54, 1.807) is 0 Å². The third-order valence-electron chi connectivity index (χ3n) is 3.24. The van der Waals surface area contributed by atoms with Crippen LogP contribution in [0.15, 0.2) is 6.07 Å². The average Bonchev–Trinajstić information content (AvgIpc) is 2.39. The van der Waals surface area contributed by atoms with Gasteiger partial charge in [-0.25, -0.2) is 4.98 Å². The number of anilines is 2. The van der Waals surface area contributed by atoms with Gasteiger partial charge in [0, 0.05) is 45.3 Å². The molecule has 4 N–H and O–H groups in total. The third-order valence-corrected chi connectivity index (χ3v) is 3.24. The van der Waals surface area contributed by atoms with Gasteiger partial charge >= 0.3 is 0 Å². The zero-order valence-electron chi connectivity index (χ0n) is 10.8. The lowest BCUT2D eigenvalue weighted by atomic mass is 9.96. The first-order valence-electron chi connectivity index (χ1n) is 6.34. The Morgan fingerprint density at radius 3 is 2.78 bits per heavy atom. The van der Waals surface area contributed by atoms with E-state index in [0.29, 0.717) is 18.4 Å². The van der Waals surface area contributed by atoms with Crippen molar-refractivity contribution in [3.8, 4) is 0 Å². The zero-order valence-corrected chi connectivity index (χ0v) is 10.8. The monoisotopic (exact) mass is 251 g/mol. The van der Waals surface area contributed by atoms with Gasteiger partial charge in [-0.2, -0.15) is 4.98 Å². The number of likely N-dealkylation sites (N-methyl/N-ethyl adjacent to an activating group) is 1. The molecule has 0 amide bonds. The Hall–Kier alpha value is -1.40. The molecule has 1 aromatic heterocycles. The summed E-state index contributed by atoms with van der Waals surface area (Å²) in [6.07, 6.45) is 1.99. The van der Waals surface area contributed by atoms with Crippen LogP contribution in [-0.2, 0) is 4.74 Å². The topological polar surface area (TPSA) is 90.3 Å². The molecule has 0 saturated carbocycles. The molecule has 6 nitrogen and oxygen atoms in total. The minimum absolute atomic E-state index is 0.331. The summed E-state index contributed by atoms with van der Waals surface area (Å²) in [6.45, 7) is 2.93. The Morgan fingerprint density at radius 1 is 1.39 bits per heavy atom. The number of hydrogen-bond acceptors (Lipinski definition) is 6. The van der Waals surface area contributed by atoms with Crippen molar-refractivity contribution in [2.75, 3.05) is 44.0 Å². The standard InChI is InChI=1S/C12H21N5O/c1-17(5-4-13)11-8-10(15-12(14)16-11)9-2-6-18-7-3-9/h8-9H,2-7,13H2,1H3,(H2,14,15,16). The molecule has 0 atom stereocenters. The van der Waals surface area contributed by atoms with Crippen molar-refractivity contribution < 1.29 is 4.74 Å². The molecule has 6 heteroatoms. The maximum Gasteiger partial charge on any atom is 0.222 e. The first-order valence-corrected chi connectivity index (χ1v) is 6.34. The van der Waals surface area contributed by atoms with Crippen LogP contribution in [0.2, 0.25) is 0 Å². The Labute approximate surface area is 107 Å². The predicted octanol–water partition coefficient (Wildman–Crippen LogP) is 0.348. The number of nitrogens with zero attached hydrogens (tertiary/aromatic N) is 3. The summed E-state index contributed by atoms with van der Waals surface area (Å²) in [5.74, 6) is 1.60. The van der Waals surface area contributed by atoms with Crippen LogP contribution in [-0.4, -0.2) is 43.3 Å². The molecule has 0 unspecified atom stereocenters. The van der Waals surface area contributed by atoms with Crippen molar-refractivity contribution in [2.45, 2.75) is 18.8 Å². The van der Waals surface area contributed by atoms with Crippen LogP contribution in [0.3, 0.4) is 0 Å². The van der Waals surface area contributed by atoms with E-state index in [4.69, 9.17) is 16.2 Å². The lowest BCUT2D eigenvalue weighted by molar-refractivity contribution is 0.0845. The van der Waals surface area contributed by atoms with Crippen LogP contribution in [0, 0.1) is 0 Å². The van der Waals surface area contributed by atoms with Crippen LogP contribution >= 0.6 is 0 Å². The van der Waals surface area contributed by atoms with Gasteiger partial charge in [0.05, 0.1) is 5.69 Å². The second-order valence-electron chi connectivity index (χ2n) is 4.61. The SMILES string of the molecule is CN(CCN)c1cc(C2CCOCC2)nc(N)n1. The van der Waals surface area contributed by atoms with Crippen LogP contribution in [0.5, 0.6) is 0 Å². The Bertz CT molecular complexity index is 392. The van der Waals surface area contributed by atoms with E-state index < -0.39 is 0 Å². The first kappa shape index (κ1) is 13.0. The number of nitrogen functional groups attached to an aromatic ring is 1. The van der Waals surface area contributed by atoms with Crippen molar-refractivity contribution in [3.05, 3.63) is 11.8 Å². The van der Waals surface area contributed by atoms with Gasteiger partial charge in [0.2, 0.25) is 5.95 Å². The van der Waals surface area contributed by atoms with Gasteiger partial charge in [-0.05, 0) is 12.8 Å². The molecule has 0 radical (unpaired) electrons. The zero-order chi connectivity index (χ0) is 13.0. The van der Waals surface area contributed by atoms with E-state index in [1.807, 2.05) is 18.0 Å². The van der Waals surface area contributed by atoms with Gasteiger partial charge < -0.3 is 21.1 Å². The molecule has 0 spiro atoms. The van der Waals surface area contributed by atoms with Crippen molar-refractivity contribution in [1.82, 2.24) is 9.97 Å². The second kappa shape index (κ2) is 5.97. The molecule has 0 aromatic carbocycles. The highest BCUT2D eigenvalue weighted by molar-refractivity contribution is 5.43. The quantitative estimate of drug-likeness (QED) is 0.802. The normalized spacial score (nSPS) is 16.8. The molecule has 1 aromatic rings. The van der Waals surface area contributed by atoms with Crippen molar-refractivity contribution in [1.29, 1.82) is 0 Å². The Kier molecular flexibility index (Phi) is 4.33. The van der Waals surface area contributed by atoms with Crippen molar-refractivity contribution in [3.63, 3.8) is 0 Å². The molecule has 2 heterocycles. The number of nitrogens with two attached hydrogens (primary N) is 2. The fraction of sp³-hybridized carbons (Fsp3) is 0.667. The largest absolute Gasteiger partial charge is 0.381 e. The number of rotatable bonds is 4. The van der Waals surface area contributed by atoms with Gasteiger partial charge in [-0.15, -0.1) is 0 Å². The maximum atomic E-state index is 5.79. The minimum Gasteiger partial charge on any atom is -0.381 e. The molecule has 100 valence electrons. The van der Waals surface area contributed by atoms with Gasteiger partial charge in [-0.1, -0.05) is 0 Å². The molecule has 1 saturated heterocycles. The van der Waals surface area contributed by atoms with Gasteiger partial charge in [0.1, 0.15) is 5.82 Å². The summed E-state index contributed by atoms with van der Waals surface area (Å²) in [4.78, 5) is 10.6. The highest BCUT2D eigenvalue weighted by atomic mass is 16.5. The van der Waals surface area contributed by atoms with E-state index in [-0.39, 0.29) is 0 Å². The van der Waals surface area contributed by atoms with E-state index in [1.165, 1.54) is 0 Å². The average molecular weight is 251 g/mol. The summed E-state index contributed by atoms with van der Waals surface area (Å²) in [6, 6.07) is 2.02. The molecule has 0 aliphatic carbocycles. The number of ether oxygens (including phenoxy) is 1. The Morgan fingerprint density at radius 2 is 2.11 bits per heavy atom. The molecule has 1 aliphatic rings. The Balaban J connectivity index is 2.19. The minimum atomic E-state index is 0.331. The summed E-state index contributed by atoms with van der Waals surface area (Å²) >= 11 is 0. The molecule has 18 heavy (non-hydrogen) atoms. The van der Waals surface area contributed by atoms with E-state index in [0.717, 1.165) is 44.1 Å². The molecular formula is C12H21N5O. The van der Waals surface area contributed by atoms with Gasteiger partial charge in [0.25, 0.3) is 0 Å². The lowest BCUT2D eigenvalue weighted by Crippen LogP contribution is -2.26. The third kappa shape index (κ3) is 3.08. The molecule has 0 bridgehead atoms. The number of hydrogen-bond donors (Lipinski definition) is 2. The summed E-state index contributed by atoms with van der Waals surface area (Å²) in [5.41, 5.74) is 12.4. The van der Waals surface area contributed by atoms with Crippen LogP contribution in [0.25, 0.3) is 0 Å². The summed E-state index contributed by atoms with van der Waals surface area (Å²) in [7, 11) is 1.96. The second-order valence-corrected chi connectivity index (χ2v) is 4.61. The van der Waals surface area contributed by atoms with Crippen molar-refractivity contribution in [2.24, 2.45) is 5.73 Å².